The molecule has 0 fully saturated rings. The van der Waals surface area contributed by atoms with Crippen LogP contribution in [0.1, 0.15) is 12.6 Å². The molecule has 0 aromatic carbocycles. The number of nitrogens with zero attached hydrogens (tertiary/aromatic N) is 2. The van der Waals surface area contributed by atoms with E-state index in [-0.39, 0.29) is 10.8 Å². The smallest absolute Gasteiger partial charge is 0.346 e. The van der Waals surface area contributed by atoms with E-state index < -0.39 is 52.6 Å². The van der Waals surface area contributed by atoms with Gasteiger partial charge in [-0.2, -0.15) is 13.1 Å². The van der Waals surface area contributed by atoms with E-state index in [1.165, 1.54) is 5.38 Å². The van der Waals surface area contributed by atoms with Gasteiger partial charge in [-0.05, 0) is 6.92 Å². The minimum absolute atomic E-state index is 0.0691. The zero-order chi connectivity index (χ0) is 21.5. The highest BCUT2D eigenvalue weighted by Crippen LogP contribution is 2.13. The Hall–Kier alpha value is -2.82. The van der Waals surface area contributed by atoms with Crippen LogP contribution in [-0.4, -0.2) is 72.4 Å². The summed E-state index contributed by atoms with van der Waals surface area (Å²) in [4.78, 5) is 43.4. The number of aliphatic carboxylic acids is 1. The first-order valence-corrected chi connectivity index (χ1v) is 9.53. The number of carbonyl (C=O) groups excluding carboxylic acids is 2. The van der Waals surface area contributed by atoms with Gasteiger partial charge < -0.3 is 25.7 Å². The number of nitrogens with two attached hydrogens (primary N) is 1. The lowest BCUT2D eigenvalue weighted by atomic mass is 10.1. The zero-order valence-corrected chi connectivity index (χ0v) is 16.1. The molecule has 0 bridgehead atoms. The second kappa shape index (κ2) is 9.93. The molecule has 156 valence electrons. The van der Waals surface area contributed by atoms with Crippen molar-refractivity contribution in [1.29, 1.82) is 0 Å². The fourth-order valence-corrected chi connectivity index (χ4v) is 2.88. The number of carbonyl (C=O) groups is 3. The molecule has 28 heavy (non-hydrogen) atoms. The summed E-state index contributed by atoms with van der Waals surface area (Å²) in [5, 5.41) is 16.1. The van der Waals surface area contributed by atoms with Gasteiger partial charge >= 0.3 is 22.2 Å². The van der Waals surface area contributed by atoms with Crippen molar-refractivity contribution >= 4 is 50.3 Å². The molecule has 0 unspecified atom stereocenters. The summed E-state index contributed by atoms with van der Waals surface area (Å²) in [6.07, 6.45) is 0. The van der Waals surface area contributed by atoms with Crippen molar-refractivity contribution in [2.45, 2.75) is 19.0 Å². The molecule has 1 amide bonds. The van der Waals surface area contributed by atoms with Crippen LogP contribution in [0.5, 0.6) is 0 Å². The van der Waals surface area contributed by atoms with E-state index in [1.807, 2.05) is 5.32 Å². The van der Waals surface area contributed by atoms with E-state index in [1.54, 1.807) is 4.72 Å². The molecule has 0 aliphatic heterocycles. The third-order valence-corrected chi connectivity index (χ3v) is 4.28. The number of amides is 1. The molecule has 14 nitrogen and oxygen atoms in total. The maximum atomic E-state index is 12.5. The van der Waals surface area contributed by atoms with Crippen molar-refractivity contribution in [3.63, 3.8) is 0 Å². The average Bonchev–Trinajstić information content (AvgIpc) is 3.00. The Morgan fingerprint density at radius 3 is 2.54 bits per heavy atom. The molecule has 2 atom stereocenters. The highest BCUT2D eigenvalue weighted by Gasteiger charge is 2.31. The first-order chi connectivity index (χ1) is 12.9. The number of esters is 1. The maximum Gasteiger partial charge on any atom is 0.346 e. The summed E-state index contributed by atoms with van der Waals surface area (Å²) >= 11 is 0.951. The van der Waals surface area contributed by atoms with Gasteiger partial charge in [-0.1, -0.05) is 5.16 Å². The lowest BCUT2D eigenvalue weighted by Crippen LogP contribution is -2.55. The molecule has 0 aliphatic rings. The number of ether oxygens (including phenoxy) is 1. The Morgan fingerprint density at radius 1 is 1.43 bits per heavy atom. The van der Waals surface area contributed by atoms with Crippen LogP contribution in [0, 0.1) is 0 Å². The summed E-state index contributed by atoms with van der Waals surface area (Å²) in [5.41, 5.74) is 4.88. The van der Waals surface area contributed by atoms with Crippen LogP contribution < -0.4 is 15.8 Å². The Bertz CT molecular complexity index is 867. The highest BCUT2D eigenvalue weighted by atomic mass is 32.2. The minimum atomic E-state index is -4.73. The lowest BCUT2D eigenvalue weighted by molar-refractivity contribution is -0.146. The largest absolute Gasteiger partial charge is 0.480 e. The van der Waals surface area contributed by atoms with Crippen molar-refractivity contribution in [1.82, 2.24) is 15.0 Å². The van der Waals surface area contributed by atoms with Crippen LogP contribution in [0.2, 0.25) is 0 Å². The van der Waals surface area contributed by atoms with Crippen LogP contribution in [0.25, 0.3) is 0 Å². The number of hydrogen-bond donors (Lipinski definition) is 5. The maximum absolute atomic E-state index is 12.5. The first-order valence-electron chi connectivity index (χ1n) is 7.21. The van der Waals surface area contributed by atoms with Gasteiger partial charge in [-0.3, -0.25) is 9.35 Å². The standard InChI is InChI=1S/C12H17N5O9S2/c1-5(17-28(22,23)24)8(11(20)21)15-10(19)9(6-4-27-12(13)14-6)16-26-3-7(18)25-2/h4-5,8,17H,3H2,1-2H3,(H2,13,14)(H,15,19)(H,20,21)(H,22,23,24)/b16-9+/t5-,8-/m0/s1. The van der Waals surface area contributed by atoms with Gasteiger partial charge in [0.05, 0.1) is 13.2 Å². The number of oxime groups is 1. The first kappa shape index (κ1) is 23.2. The van der Waals surface area contributed by atoms with Gasteiger partial charge in [0.15, 0.2) is 10.8 Å². The molecule has 6 N–H and O–H groups in total. The molecular weight excluding hydrogens is 422 g/mol. The van der Waals surface area contributed by atoms with Gasteiger partial charge in [-0.15, -0.1) is 11.3 Å². The number of carboxylic acids is 1. The zero-order valence-electron chi connectivity index (χ0n) is 14.5. The van der Waals surface area contributed by atoms with Gasteiger partial charge in [0.25, 0.3) is 5.91 Å². The summed E-state index contributed by atoms with van der Waals surface area (Å²) in [7, 11) is -3.63. The fourth-order valence-electron chi connectivity index (χ4n) is 1.72. The minimum Gasteiger partial charge on any atom is -0.480 e. The van der Waals surface area contributed by atoms with Gasteiger partial charge in [0.1, 0.15) is 11.7 Å². The van der Waals surface area contributed by atoms with Crippen LogP contribution in [0.3, 0.4) is 0 Å². The molecule has 1 aromatic heterocycles. The Morgan fingerprint density at radius 2 is 2.07 bits per heavy atom. The second-order valence-electron chi connectivity index (χ2n) is 5.03. The van der Waals surface area contributed by atoms with E-state index in [0.717, 1.165) is 25.4 Å². The summed E-state index contributed by atoms with van der Waals surface area (Å²) in [6, 6.07) is -3.23. The predicted molar refractivity (Wildman–Crippen MR) is 94.7 cm³/mol. The number of thiazole rings is 1. The third-order valence-electron chi connectivity index (χ3n) is 2.93. The van der Waals surface area contributed by atoms with Crippen molar-refractivity contribution in [2.24, 2.45) is 5.16 Å². The van der Waals surface area contributed by atoms with Gasteiger partial charge in [0.2, 0.25) is 6.61 Å². The average molecular weight is 439 g/mol. The van der Waals surface area contributed by atoms with Crippen LogP contribution >= 0.6 is 11.3 Å². The summed E-state index contributed by atoms with van der Waals surface area (Å²) in [5.74, 6) is -3.52. The molecule has 0 radical (unpaired) electrons. The number of nitrogens with one attached hydrogen (secondary N) is 2. The van der Waals surface area contributed by atoms with Crippen LogP contribution in [-0.2, 0) is 34.3 Å². The predicted octanol–water partition coefficient (Wildman–Crippen LogP) is -2.03. The number of methoxy groups -OCH3 is 1. The van der Waals surface area contributed by atoms with Gasteiger partial charge in [-0.25, -0.2) is 14.6 Å². The van der Waals surface area contributed by atoms with Crippen LogP contribution in [0.4, 0.5) is 5.13 Å². The Kier molecular flexibility index (Phi) is 8.23. The molecule has 1 heterocycles. The number of nitrogen functional groups attached to an aromatic ring is 1. The molecule has 0 aliphatic carbocycles. The van der Waals surface area contributed by atoms with Crippen LogP contribution in [0.15, 0.2) is 10.5 Å². The fraction of sp³-hybridized carbons (Fsp3) is 0.417. The summed E-state index contributed by atoms with van der Waals surface area (Å²) in [6.45, 7) is 0.453. The SMILES string of the molecule is COC(=O)CO/N=C(/C(=O)N[C@H](C(=O)O)[C@H](C)NS(=O)(=O)O)c1csc(N)n1. The van der Waals surface area contributed by atoms with Gasteiger partial charge in [0, 0.05) is 5.38 Å². The van der Waals surface area contributed by atoms with E-state index >= 15 is 0 Å². The van der Waals surface area contributed by atoms with Crippen molar-refractivity contribution in [3.05, 3.63) is 11.1 Å². The summed E-state index contributed by atoms with van der Waals surface area (Å²) < 4.78 is 36.5. The molecule has 1 rings (SSSR count). The normalized spacial score (nSPS) is 14.0. The Labute approximate surface area is 162 Å². The number of aromatic nitrogens is 1. The molecule has 16 heteroatoms. The molecule has 0 saturated carbocycles. The van der Waals surface area contributed by atoms with E-state index in [0.29, 0.717) is 0 Å². The topological polar surface area (TPSA) is 220 Å². The third kappa shape index (κ3) is 7.43. The van der Waals surface area contributed by atoms with E-state index in [9.17, 15) is 27.9 Å². The molecule has 0 spiro atoms. The molecular formula is C12H17N5O9S2. The lowest BCUT2D eigenvalue weighted by Gasteiger charge is -2.21. The van der Waals surface area contributed by atoms with Crippen molar-refractivity contribution in [2.75, 3.05) is 19.5 Å². The number of hydrogen-bond acceptors (Lipinski definition) is 11. The number of rotatable bonds is 10. The highest BCUT2D eigenvalue weighted by molar-refractivity contribution is 7.83. The number of anilines is 1. The van der Waals surface area contributed by atoms with E-state index in [4.69, 9.17) is 15.1 Å². The number of carboxylic acid groups (broad SMARTS) is 1. The van der Waals surface area contributed by atoms with Crippen molar-refractivity contribution < 1.29 is 42.0 Å². The quantitative estimate of drug-likeness (QED) is 0.116. The van der Waals surface area contributed by atoms with Crippen molar-refractivity contribution in [3.8, 4) is 0 Å². The molecule has 1 aromatic rings. The Balaban J connectivity index is 3.07. The van der Waals surface area contributed by atoms with E-state index in [2.05, 4.69) is 14.9 Å². The second-order valence-corrected chi connectivity index (χ2v) is 7.11. The molecule has 0 saturated heterocycles. The monoisotopic (exact) mass is 439 g/mol.